The Morgan fingerprint density at radius 1 is 1.12 bits per heavy atom. The van der Waals surface area contributed by atoms with Gasteiger partial charge in [-0.05, 0) is 17.7 Å². The number of rotatable bonds is 5. The van der Waals surface area contributed by atoms with Crippen LogP contribution in [0.15, 0.2) is 54.6 Å². The van der Waals surface area contributed by atoms with Gasteiger partial charge in [0.25, 0.3) is 0 Å². The van der Waals surface area contributed by atoms with Crippen molar-refractivity contribution in [2.75, 3.05) is 30.7 Å². The number of morpholine rings is 1. The van der Waals surface area contributed by atoms with Gasteiger partial charge in [-0.1, -0.05) is 42.5 Å². The standard InChI is InChI=1S/C19H23N3O2.2ClH/c20-17-8-4-5-9-18(17)21-19(23)12-16-14-22(10-11-24-16)13-15-6-2-1-3-7-15;;/h1-9,16H,10-14,20H2,(H,21,23);2*1H. The fourth-order valence-electron chi connectivity index (χ4n) is 2.91. The number of nitrogens with two attached hydrogens (primary N) is 1. The molecule has 0 bridgehead atoms. The van der Waals surface area contributed by atoms with Crippen LogP contribution in [-0.4, -0.2) is 36.6 Å². The molecule has 5 nitrogen and oxygen atoms in total. The molecule has 2 aromatic rings. The number of anilines is 2. The third-order valence-corrected chi connectivity index (χ3v) is 4.12. The Bertz CT molecular complexity index is 685. The number of para-hydroxylation sites is 2. The molecular weight excluding hydrogens is 373 g/mol. The van der Waals surface area contributed by atoms with Crippen LogP contribution < -0.4 is 11.1 Å². The smallest absolute Gasteiger partial charge is 0.227 e. The van der Waals surface area contributed by atoms with Gasteiger partial charge in [-0.2, -0.15) is 0 Å². The Hall–Kier alpha value is -1.79. The minimum Gasteiger partial charge on any atom is -0.397 e. The van der Waals surface area contributed by atoms with Gasteiger partial charge in [-0.25, -0.2) is 0 Å². The highest BCUT2D eigenvalue weighted by Gasteiger charge is 2.23. The van der Waals surface area contributed by atoms with E-state index in [-0.39, 0.29) is 36.8 Å². The quantitative estimate of drug-likeness (QED) is 0.759. The first kappa shape index (κ1) is 22.3. The number of carbonyl (C=O) groups excluding carboxylic acids is 1. The number of halogens is 2. The summed E-state index contributed by atoms with van der Waals surface area (Å²) in [4.78, 5) is 14.6. The molecule has 142 valence electrons. The molecular formula is C19H25Cl2N3O2. The molecule has 1 heterocycles. The maximum Gasteiger partial charge on any atom is 0.227 e. The summed E-state index contributed by atoms with van der Waals surface area (Å²) in [6, 6.07) is 17.6. The van der Waals surface area contributed by atoms with Crippen LogP contribution >= 0.6 is 24.8 Å². The zero-order chi connectivity index (χ0) is 16.8. The highest BCUT2D eigenvalue weighted by Crippen LogP contribution is 2.18. The van der Waals surface area contributed by atoms with E-state index in [1.807, 2.05) is 30.3 Å². The predicted octanol–water partition coefficient (Wildman–Crippen LogP) is 3.34. The van der Waals surface area contributed by atoms with Gasteiger partial charge in [-0.3, -0.25) is 9.69 Å². The Morgan fingerprint density at radius 2 is 1.81 bits per heavy atom. The Kier molecular flexibility index (Phi) is 9.44. The lowest BCUT2D eigenvalue weighted by molar-refractivity contribution is -0.121. The number of carbonyl (C=O) groups is 1. The zero-order valence-corrected chi connectivity index (χ0v) is 16.1. The van der Waals surface area contributed by atoms with Crippen LogP contribution in [0, 0.1) is 0 Å². The highest BCUT2D eigenvalue weighted by atomic mass is 35.5. The van der Waals surface area contributed by atoms with Crippen LogP contribution in [0.5, 0.6) is 0 Å². The number of ether oxygens (including phenoxy) is 1. The molecule has 1 saturated heterocycles. The van der Waals surface area contributed by atoms with Crippen LogP contribution in [0.3, 0.4) is 0 Å². The molecule has 0 aliphatic carbocycles. The summed E-state index contributed by atoms with van der Waals surface area (Å²) in [6.45, 7) is 3.18. The van der Waals surface area contributed by atoms with Crippen molar-refractivity contribution >= 4 is 42.1 Å². The summed E-state index contributed by atoms with van der Waals surface area (Å²) in [7, 11) is 0. The van der Waals surface area contributed by atoms with Crippen molar-refractivity contribution in [1.82, 2.24) is 4.90 Å². The molecule has 1 atom stereocenters. The second-order valence-corrected chi connectivity index (χ2v) is 6.05. The molecule has 2 aromatic carbocycles. The van der Waals surface area contributed by atoms with Crippen molar-refractivity contribution in [2.24, 2.45) is 0 Å². The van der Waals surface area contributed by atoms with E-state index in [1.54, 1.807) is 12.1 Å². The van der Waals surface area contributed by atoms with Gasteiger partial charge in [0.05, 0.1) is 30.5 Å². The van der Waals surface area contributed by atoms with Gasteiger partial charge in [-0.15, -0.1) is 24.8 Å². The number of nitrogens with zero attached hydrogens (tertiary/aromatic N) is 1. The normalized spacial score (nSPS) is 16.8. The van der Waals surface area contributed by atoms with E-state index in [9.17, 15) is 4.79 Å². The maximum atomic E-state index is 12.2. The van der Waals surface area contributed by atoms with Gasteiger partial charge in [0.15, 0.2) is 0 Å². The first-order valence-electron chi connectivity index (χ1n) is 8.23. The maximum absolute atomic E-state index is 12.2. The van der Waals surface area contributed by atoms with E-state index in [0.29, 0.717) is 24.4 Å². The molecule has 0 radical (unpaired) electrons. The van der Waals surface area contributed by atoms with Crippen molar-refractivity contribution in [3.8, 4) is 0 Å². The van der Waals surface area contributed by atoms with Crippen molar-refractivity contribution in [1.29, 1.82) is 0 Å². The van der Waals surface area contributed by atoms with Gasteiger partial charge in [0, 0.05) is 19.6 Å². The molecule has 0 saturated carbocycles. The van der Waals surface area contributed by atoms with Gasteiger partial charge in [0.2, 0.25) is 5.91 Å². The summed E-state index contributed by atoms with van der Waals surface area (Å²) in [5.74, 6) is -0.0699. The van der Waals surface area contributed by atoms with E-state index < -0.39 is 0 Å². The lowest BCUT2D eigenvalue weighted by atomic mass is 10.1. The average Bonchev–Trinajstić information content (AvgIpc) is 2.58. The molecule has 3 rings (SSSR count). The molecule has 1 unspecified atom stereocenters. The van der Waals surface area contributed by atoms with E-state index in [4.69, 9.17) is 10.5 Å². The summed E-state index contributed by atoms with van der Waals surface area (Å²) in [5, 5.41) is 2.86. The number of hydrogen-bond donors (Lipinski definition) is 2. The molecule has 3 N–H and O–H groups in total. The van der Waals surface area contributed by atoms with Crippen molar-refractivity contribution in [3.05, 3.63) is 60.2 Å². The number of hydrogen-bond acceptors (Lipinski definition) is 4. The molecule has 0 aromatic heterocycles. The number of benzene rings is 2. The molecule has 26 heavy (non-hydrogen) atoms. The van der Waals surface area contributed by atoms with Crippen molar-refractivity contribution in [3.63, 3.8) is 0 Å². The Labute approximate surface area is 166 Å². The SMILES string of the molecule is Cl.Cl.Nc1ccccc1NC(=O)CC1CN(Cc2ccccc2)CCO1. The van der Waals surface area contributed by atoms with Crippen LogP contribution in [-0.2, 0) is 16.1 Å². The first-order chi connectivity index (χ1) is 11.7. The van der Waals surface area contributed by atoms with Crippen molar-refractivity contribution < 1.29 is 9.53 Å². The lowest BCUT2D eigenvalue weighted by Crippen LogP contribution is -2.43. The third-order valence-electron chi connectivity index (χ3n) is 4.12. The topological polar surface area (TPSA) is 67.6 Å². The second kappa shape index (κ2) is 11.0. The molecule has 0 spiro atoms. The van der Waals surface area contributed by atoms with Crippen molar-refractivity contribution in [2.45, 2.75) is 19.1 Å². The summed E-state index contributed by atoms with van der Waals surface area (Å²) < 4.78 is 5.75. The summed E-state index contributed by atoms with van der Waals surface area (Å²) >= 11 is 0. The van der Waals surface area contributed by atoms with Gasteiger partial charge >= 0.3 is 0 Å². The average molecular weight is 398 g/mol. The van der Waals surface area contributed by atoms with Gasteiger partial charge < -0.3 is 15.8 Å². The largest absolute Gasteiger partial charge is 0.397 e. The zero-order valence-electron chi connectivity index (χ0n) is 14.5. The third kappa shape index (κ3) is 6.50. The Balaban J connectivity index is 0.00000169. The minimum atomic E-state index is -0.0904. The van der Waals surface area contributed by atoms with Crippen LogP contribution in [0.1, 0.15) is 12.0 Å². The first-order valence-corrected chi connectivity index (χ1v) is 8.23. The second-order valence-electron chi connectivity index (χ2n) is 6.05. The lowest BCUT2D eigenvalue weighted by Gasteiger charge is -2.32. The molecule has 1 aliphatic rings. The fourth-order valence-corrected chi connectivity index (χ4v) is 2.91. The summed E-state index contributed by atoms with van der Waals surface area (Å²) in [6.07, 6.45) is 0.243. The summed E-state index contributed by atoms with van der Waals surface area (Å²) in [5.41, 5.74) is 8.36. The number of amides is 1. The van der Waals surface area contributed by atoms with E-state index in [0.717, 1.165) is 19.6 Å². The van der Waals surface area contributed by atoms with Crippen LogP contribution in [0.25, 0.3) is 0 Å². The fraction of sp³-hybridized carbons (Fsp3) is 0.316. The van der Waals surface area contributed by atoms with E-state index in [2.05, 4.69) is 22.3 Å². The highest BCUT2D eigenvalue weighted by molar-refractivity contribution is 5.94. The van der Waals surface area contributed by atoms with Crippen LogP contribution in [0.2, 0.25) is 0 Å². The Morgan fingerprint density at radius 3 is 2.54 bits per heavy atom. The van der Waals surface area contributed by atoms with Crippen LogP contribution in [0.4, 0.5) is 11.4 Å². The monoisotopic (exact) mass is 397 g/mol. The number of nitrogen functional groups attached to an aromatic ring is 1. The predicted molar refractivity (Wildman–Crippen MR) is 110 cm³/mol. The molecule has 7 heteroatoms. The van der Waals surface area contributed by atoms with E-state index in [1.165, 1.54) is 5.56 Å². The minimum absolute atomic E-state index is 0. The molecule has 1 aliphatic heterocycles. The molecule has 1 amide bonds. The van der Waals surface area contributed by atoms with E-state index >= 15 is 0 Å². The number of nitrogens with one attached hydrogen (secondary N) is 1. The molecule has 1 fully saturated rings. The van der Waals surface area contributed by atoms with Gasteiger partial charge in [0.1, 0.15) is 0 Å².